The van der Waals surface area contributed by atoms with Crippen LogP contribution in [0, 0.1) is 5.92 Å². The molecule has 1 saturated carbocycles. The number of esters is 1. The Morgan fingerprint density at radius 3 is 2.94 bits per heavy atom. The van der Waals surface area contributed by atoms with E-state index in [0.29, 0.717) is 6.61 Å². The number of carbonyl (C=O) groups is 1. The van der Waals surface area contributed by atoms with Gasteiger partial charge in [-0.15, -0.1) is 6.58 Å². The standard InChI is InChI=1S/C14H22O4/c1-4-6-12(15)16-9-10-7-5-8-11-13(10)18-14(2,3)17-11/h4,10-11,13H,1,5-9H2,2-3H3. The molecule has 102 valence electrons. The van der Waals surface area contributed by atoms with E-state index in [0.717, 1.165) is 19.3 Å². The second-order valence-corrected chi connectivity index (χ2v) is 5.51. The SMILES string of the molecule is C=CCC(=O)OCC1CCCC2OC(C)(C)OC12. The fraction of sp³-hybridized carbons (Fsp3) is 0.786. The van der Waals surface area contributed by atoms with Crippen molar-refractivity contribution in [1.29, 1.82) is 0 Å². The molecule has 0 bridgehead atoms. The molecule has 0 radical (unpaired) electrons. The third-order valence-corrected chi connectivity index (χ3v) is 3.52. The summed E-state index contributed by atoms with van der Waals surface area (Å²) in [6.45, 7) is 7.82. The summed E-state index contributed by atoms with van der Waals surface area (Å²) in [4.78, 5) is 11.3. The van der Waals surface area contributed by atoms with Crippen LogP contribution < -0.4 is 0 Å². The van der Waals surface area contributed by atoms with Crippen LogP contribution in [0.1, 0.15) is 39.5 Å². The molecular formula is C14H22O4. The highest BCUT2D eigenvalue weighted by Gasteiger charge is 2.46. The molecule has 18 heavy (non-hydrogen) atoms. The monoisotopic (exact) mass is 254 g/mol. The zero-order valence-electron chi connectivity index (χ0n) is 11.2. The van der Waals surface area contributed by atoms with Crippen molar-refractivity contribution in [3.05, 3.63) is 12.7 Å². The minimum Gasteiger partial charge on any atom is -0.465 e. The van der Waals surface area contributed by atoms with E-state index in [4.69, 9.17) is 14.2 Å². The first-order valence-electron chi connectivity index (χ1n) is 6.64. The van der Waals surface area contributed by atoms with Crippen molar-refractivity contribution in [2.24, 2.45) is 5.92 Å². The van der Waals surface area contributed by atoms with Crippen LogP contribution in [0.25, 0.3) is 0 Å². The Morgan fingerprint density at radius 1 is 1.44 bits per heavy atom. The molecule has 0 aromatic rings. The fourth-order valence-corrected chi connectivity index (χ4v) is 2.79. The van der Waals surface area contributed by atoms with Gasteiger partial charge in [-0.3, -0.25) is 4.79 Å². The summed E-state index contributed by atoms with van der Waals surface area (Å²) in [5, 5.41) is 0. The van der Waals surface area contributed by atoms with Gasteiger partial charge in [-0.2, -0.15) is 0 Å². The Bertz CT molecular complexity index is 324. The molecule has 1 heterocycles. The number of hydrogen-bond acceptors (Lipinski definition) is 4. The van der Waals surface area contributed by atoms with Crippen molar-refractivity contribution in [3.63, 3.8) is 0 Å². The summed E-state index contributed by atoms with van der Waals surface area (Å²) < 4.78 is 17.0. The summed E-state index contributed by atoms with van der Waals surface area (Å²) in [5.74, 6) is -0.479. The lowest BCUT2D eigenvalue weighted by Crippen LogP contribution is -2.38. The lowest BCUT2D eigenvalue weighted by molar-refractivity contribution is -0.154. The van der Waals surface area contributed by atoms with E-state index in [9.17, 15) is 4.79 Å². The van der Waals surface area contributed by atoms with Crippen molar-refractivity contribution in [2.75, 3.05) is 6.61 Å². The molecule has 1 aliphatic heterocycles. The van der Waals surface area contributed by atoms with Gasteiger partial charge in [-0.25, -0.2) is 0 Å². The summed E-state index contributed by atoms with van der Waals surface area (Å²) in [6.07, 6.45) is 5.20. The van der Waals surface area contributed by atoms with Gasteiger partial charge in [0, 0.05) is 5.92 Å². The van der Waals surface area contributed by atoms with Gasteiger partial charge < -0.3 is 14.2 Å². The average Bonchev–Trinajstić information content (AvgIpc) is 2.61. The molecule has 0 aromatic carbocycles. The first-order valence-corrected chi connectivity index (χ1v) is 6.64. The van der Waals surface area contributed by atoms with E-state index in [2.05, 4.69) is 6.58 Å². The zero-order chi connectivity index (χ0) is 13.2. The fourth-order valence-electron chi connectivity index (χ4n) is 2.79. The van der Waals surface area contributed by atoms with Crippen molar-refractivity contribution in [3.8, 4) is 0 Å². The minimum atomic E-state index is -0.511. The molecule has 0 spiro atoms. The molecule has 0 N–H and O–H groups in total. The molecule has 2 rings (SSSR count). The minimum absolute atomic E-state index is 0.0604. The summed E-state index contributed by atoms with van der Waals surface area (Å²) in [5.41, 5.74) is 0. The number of rotatable bonds is 4. The molecule has 1 aliphatic carbocycles. The molecule has 2 aliphatic rings. The Labute approximate surface area is 108 Å². The lowest BCUT2D eigenvalue weighted by Gasteiger charge is -2.30. The quantitative estimate of drug-likeness (QED) is 0.571. The molecule has 2 fully saturated rings. The highest BCUT2D eigenvalue weighted by atomic mass is 16.8. The van der Waals surface area contributed by atoms with Crippen molar-refractivity contribution < 1.29 is 19.0 Å². The molecule has 4 nitrogen and oxygen atoms in total. The van der Waals surface area contributed by atoms with Crippen LogP contribution in [-0.4, -0.2) is 30.6 Å². The summed E-state index contributed by atoms with van der Waals surface area (Å²) in [6, 6.07) is 0. The van der Waals surface area contributed by atoms with Crippen LogP contribution in [0.3, 0.4) is 0 Å². The third kappa shape index (κ3) is 3.12. The number of carbonyl (C=O) groups excluding carboxylic acids is 1. The Hall–Kier alpha value is -0.870. The predicted octanol–water partition coefficient (Wildman–Crippen LogP) is 2.43. The van der Waals surface area contributed by atoms with Crippen LogP contribution >= 0.6 is 0 Å². The van der Waals surface area contributed by atoms with E-state index in [1.165, 1.54) is 0 Å². The molecule has 3 unspecified atom stereocenters. The molecule has 3 atom stereocenters. The van der Waals surface area contributed by atoms with Gasteiger partial charge >= 0.3 is 5.97 Å². The number of hydrogen-bond donors (Lipinski definition) is 0. The van der Waals surface area contributed by atoms with Gasteiger partial charge in [0.25, 0.3) is 0 Å². The van der Waals surface area contributed by atoms with Crippen LogP contribution in [0.4, 0.5) is 0 Å². The normalized spacial score (nSPS) is 33.8. The number of fused-ring (bicyclic) bond motifs is 1. The highest BCUT2D eigenvalue weighted by Crippen LogP contribution is 2.39. The smallest absolute Gasteiger partial charge is 0.309 e. The van der Waals surface area contributed by atoms with Crippen LogP contribution in [-0.2, 0) is 19.0 Å². The second-order valence-electron chi connectivity index (χ2n) is 5.51. The third-order valence-electron chi connectivity index (χ3n) is 3.52. The van der Waals surface area contributed by atoms with E-state index in [-0.39, 0.29) is 30.5 Å². The van der Waals surface area contributed by atoms with E-state index < -0.39 is 5.79 Å². The van der Waals surface area contributed by atoms with Gasteiger partial charge in [0.15, 0.2) is 5.79 Å². The average molecular weight is 254 g/mol. The molecule has 0 amide bonds. The Balaban J connectivity index is 1.88. The maximum Gasteiger partial charge on any atom is 0.309 e. The Kier molecular flexibility index (Phi) is 4.07. The van der Waals surface area contributed by atoms with Gasteiger partial charge in [-0.05, 0) is 26.7 Å². The van der Waals surface area contributed by atoms with Crippen LogP contribution in [0.5, 0.6) is 0 Å². The van der Waals surface area contributed by atoms with Gasteiger partial charge in [-0.1, -0.05) is 12.5 Å². The molecule has 0 aromatic heterocycles. The maximum atomic E-state index is 11.3. The summed E-state index contributed by atoms with van der Waals surface area (Å²) in [7, 11) is 0. The van der Waals surface area contributed by atoms with Crippen molar-refractivity contribution >= 4 is 5.97 Å². The van der Waals surface area contributed by atoms with E-state index in [1.807, 2.05) is 13.8 Å². The first kappa shape index (κ1) is 13.6. The zero-order valence-corrected chi connectivity index (χ0v) is 11.2. The predicted molar refractivity (Wildman–Crippen MR) is 66.9 cm³/mol. The molecular weight excluding hydrogens is 232 g/mol. The second kappa shape index (κ2) is 5.41. The van der Waals surface area contributed by atoms with Crippen LogP contribution in [0.2, 0.25) is 0 Å². The maximum absolute atomic E-state index is 11.3. The van der Waals surface area contributed by atoms with Crippen molar-refractivity contribution in [2.45, 2.75) is 57.5 Å². The van der Waals surface area contributed by atoms with Gasteiger partial charge in [0.1, 0.15) is 0 Å². The summed E-state index contributed by atoms with van der Waals surface area (Å²) >= 11 is 0. The van der Waals surface area contributed by atoms with E-state index in [1.54, 1.807) is 6.08 Å². The van der Waals surface area contributed by atoms with Gasteiger partial charge in [0.05, 0.1) is 25.2 Å². The largest absolute Gasteiger partial charge is 0.465 e. The Morgan fingerprint density at radius 2 is 2.22 bits per heavy atom. The topological polar surface area (TPSA) is 44.8 Å². The van der Waals surface area contributed by atoms with Gasteiger partial charge in [0.2, 0.25) is 0 Å². The number of ether oxygens (including phenoxy) is 3. The first-order chi connectivity index (χ1) is 8.52. The van der Waals surface area contributed by atoms with Crippen LogP contribution in [0.15, 0.2) is 12.7 Å². The molecule has 4 heteroatoms. The molecule has 1 saturated heterocycles. The van der Waals surface area contributed by atoms with E-state index >= 15 is 0 Å². The van der Waals surface area contributed by atoms with Crippen molar-refractivity contribution in [1.82, 2.24) is 0 Å². The highest BCUT2D eigenvalue weighted by molar-refractivity contribution is 5.70. The lowest BCUT2D eigenvalue weighted by atomic mass is 9.85.